The van der Waals surface area contributed by atoms with E-state index in [1.165, 1.54) is 7.11 Å². The van der Waals surface area contributed by atoms with E-state index in [1.807, 2.05) is 32.0 Å². The Hall–Kier alpha value is -2.73. The number of anilines is 2. The number of rotatable bonds is 6. The largest absolute Gasteiger partial charge is 0.495 e. The van der Waals surface area contributed by atoms with Gasteiger partial charge >= 0.3 is 5.97 Å². The Balaban J connectivity index is 2.00. The zero-order valence-electron chi connectivity index (χ0n) is 15.1. The van der Waals surface area contributed by atoms with Gasteiger partial charge in [-0.2, -0.15) is 0 Å². The molecule has 138 valence electrons. The second kappa shape index (κ2) is 8.58. The Labute approximate surface area is 157 Å². The monoisotopic (exact) mass is 376 g/mol. The summed E-state index contributed by atoms with van der Waals surface area (Å²) >= 11 is 6.04. The number of esters is 1. The highest BCUT2D eigenvalue weighted by atomic mass is 35.5. The Morgan fingerprint density at radius 3 is 2.58 bits per heavy atom. The summed E-state index contributed by atoms with van der Waals surface area (Å²) in [6.07, 6.45) is 0. The molecule has 0 unspecified atom stereocenters. The maximum atomic E-state index is 12.1. The van der Waals surface area contributed by atoms with Gasteiger partial charge in [-0.05, 0) is 36.8 Å². The summed E-state index contributed by atoms with van der Waals surface area (Å²) in [7, 11) is 5.23. The van der Waals surface area contributed by atoms with Crippen LogP contribution in [0.5, 0.6) is 5.75 Å². The molecule has 0 saturated heterocycles. The fourth-order valence-corrected chi connectivity index (χ4v) is 2.40. The van der Waals surface area contributed by atoms with Crippen LogP contribution in [0.15, 0.2) is 36.4 Å². The molecule has 0 saturated carbocycles. The van der Waals surface area contributed by atoms with E-state index in [0.29, 0.717) is 22.0 Å². The van der Waals surface area contributed by atoms with Gasteiger partial charge in [0.15, 0.2) is 6.61 Å². The molecule has 0 spiro atoms. The van der Waals surface area contributed by atoms with Crippen molar-refractivity contribution in [2.45, 2.75) is 6.92 Å². The molecule has 1 amide bonds. The number of hydrogen-bond donors (Lipinski definition) is 1. The van der Waals surface area contributed by atoms with Crippen LogP contribution in [0.25, 0.3) is 0 Å². The average Bonchev–Trinajstić information content (AvgIpc) is 2.62. The first-order valence-corrected chi connectivity index (χ1v) is 8.28. The first-order valence-electron chi connectivity index (χ1n) is 7.90. The molecule has 0 radical (unpaired) electrons. The Morgan fingerprint density at radius 1 is 1.19 bits per heavy atom. The summed E-state index contributed by atoms with van der Waals surface area (Å²) in [5.74, 6) is -0.607. The first-order chi connectivity index (χ1) is 12.3. The molecule has 2 aromatic rings. The van der Waals surface area contributed by atoms with Crippen molar-refractivity contribution >= 4 is 34.9 Å². The van der Waals surface area contributed by atoms with Crippen LogP contribution in [0, 0.1) is 6.92 Å². The molecule has 26 heavy (non-hydrogen) atoms. The van der Waals surface area contributed by atoms with E-state index in [1.54, 1.807) is 30.3 Å². The van der Waals surface area contributed by atoms with Crippen molar-refractivity contribution < 1.29 is 19.1 Å². The van der Waals surface area contributed by atoms with Crippen molar-refractivity contribution in [1.29, 1.82) is 0 Å². The lowest BCUT2D eigenvalue weighted by Crippen LogP contribution is -2.21. The van der Waals surface area contributed by atoms with Gasteiger partial charge in [0.1, 0.15) is 5.75 Å². The zero-order chi connectivity index (χ0) is 19.3. The first kappa shape index (κ1) is 19.6. The Morgan fingerprint density at radius 2 is 1.92 bits per heavy atom. The fourth-order valence-electron chi connectivity index (χ4n) is 2.24. The Bertz CT molecular complexity index is 821. The number of methoxy groups -OCH3 is 1. The maximum Gasteiger partial charge on any atom is 0.338 e. The summed E-state index contributed by atoms with van der Waals surface area (Å²) in [6.45, 7) is 1.41. The van der Waals surface area contributed by atoms with Crippen LogP contribution in [-0.4, -0.2) is 39.7 Å². The standard InChI is InChI=1S/C19H21ClN2O4/c1-12-8-16(17(25-4)10-15(12)20)21-18(23)11-26-19(24)13-6-5-7-14(9-13)22(2)3/h5-10H,11H2,1-4H3,(H,21,23). The quantitative estimate of drug-likeness (QED) is 0.781. The smallest absolute Gasteiger partial charge is 0.338 e. The van der Waals surface area contributed by atoms with Crippen molar-refractivity contribution in [3.8, 4) is 5.75 Å². The highest BCUT2D eigenvalue weighted by molar-refractivity contribution is 6.31. The Kier molecular flexibility index (Phi) is 6.46. The molecule has 0 aliphatic carbocycles. The van der Waals surface area contributed by atoms with E-state index < -0.39 is 18.5 Å². The molecule has 0 bridgehead atoms. The van der Waals surface area contributed by atoms with E-state index in [9.17, 15) is 9.59 Å². The van der Waals surface area contributed by atoms with Crippen LogP contribution >= 0.6 is 11.6 Å². The highest BCUT2D eigenvalue weighted by Gasteiger charge is 2.14. The minimum atomic E-state index is -0.567. The van der Waals surface area contributed by atoms with Crippen molar-refractivity contribution in [3.63, 3.8) is 0 Å². The average molecular weight is 377 g/mol. The molecular formula is C19H21ClN2O4. The third kappa shape index (κ3) is 4.89. The normalized spacial score (nSPS) is 10.2. The molecule has 0 aliphatic heterocycles. The topological polar surface area (TPSA) is 67.9 Å². The van der Waals surface area contributed by atoms with Gasteiger partial charge in [-0.1, -0.05) is 17.7 Å². The van der Waals surface area contributed by atoms with Crippen LogP contribution in [0.2, 0.25) is 5.02 Å². The van der Waals surface area contributed by atoms with Crippen molar-refractivity contribution in [1.82, 2.24) is 0 Å². The lowest BCUT2D eigenvalue weighted by molar-refractivity contribution is -0.119. The second-order valence-electron chi connectivity index (χ2n) is 5.87. The second-order valence-corrected chi connectivity index (χ2v) is 6.28. The van der Waals surface area contributed by atoms with Gasteiger partial charge in [0.05, 0.1) is 18.4 Å². The van der Waals surface area contributed by atoms with Gasteiger partial charge in [0, 0.05) is 30.9 Å². The molecule has 0 atom stereocenters. The van der Waals surface area contributed by atoms with Crippen molar-refractivity contribution in [3.05, 3.63) is 52.5 Å². The van der Waals surface area contributed by atoms with E-state index in [-0.39, 0.29) is 0 Å². The van der Waals surface area contributed by atoms with Crippen LogP contribution in [0.4, 0.5) is 11.4 Å². The van der Waals surface area contributed by atoms with Gasteiger partial charge in [-0.25, -0.2) is 4.79 Å². The number of benzene rings is 2. The highest BCUT2D eigenvalue weighted by Crippen LogP contribution is 2.30. The molecular weight excluding hydrogens is 356 g/mol. The molecule has 0 aliphatic rings. The number of aryl methyl sites for hydroxylation is 1. The van der Waals surface area contributed by atoms with E-state index >= 15 is 0 Å². The van der Waals surface area contributed by atoms with Gasteiger partial charge in [-0.15, -0.1) is 0 Å². The van der Waals surface area contributed by atoms with Gasteiger partial charge in [0.2, 0.25) is 0 Å². The van der Waals surface area contributed by atoms with Gasteiger partial charge in [-0.3, -0.25) is 4.79 Å². The molecule has 2 aromatic carbocycles. The van der Waals surface area contributed by atoms with E-state index in [4.69, 9.17) is 21.1 Å². The number of carbonyl (C=O) groups is 2. The van der Waals surface area contributed by atoms with Crippen molar-refractivity contribution in [2.24, 2.45) is 0 Å². The van der Waals surface area contributed by atoms with Gasteiger partial charge in [0.25, 0.3) is 5.91 Å². The van der Waals surface area contributed by atoms with Crippen LogP contribution < -0.4 is 15.0 Å². The lowest BCUT2D eigenvalue weighted by Gasteiger charge is -2.14. The molecule has 0 fully saturated rings. The number of nitrogens with one attached hydrogen (secondary N) is 1. The molecule has 7 heteroatoms. The molecule has 0 heterocycles. The van der Waals surface area contributed by atoms with Crippen molar-refractivity contribution in [2.75, 3.05) is 38.0 Å². The summed E-state index contributed by atoms with van der Waals surface area (Å²) in [5, 5.41) is 3.19. The number of hydrogen-bond acceptors (Lipinski definition) is 5. The number of ether oxygens (including phenoxy) is 2. The van der Waals surface area contributed by atoms with Gasteiger partial charge < -0.3 is 19.7 Å². The van der Waals surface area contributed by atoms with Crippen LogP contribution in [0.1, 0.15) is 15.9 Å². The summed E-state index contributed by atoms with van der Waals surface area (Å²) in [4.78, 5) is 26.1. The molecule has 1 N–H and O–H groups in total. The number of halogens is 1. The summed E-state index contributed by atoms with van der Waals surface area (Å²) in [6, 6.07) is 10.3. The lowest BCUT2D eigenvalue weighted by atomic mass is 10.2. The van der Waals surface area contributed by atoms with E-state index in [0.717, 1.165) is 11.3 Å². The molecule has 2 rings (SSSR count). The SMILES string of the molecule is COc1cc(Cl)c(C)cc1NC(=O)COC(=O)c1cccc(N(C)C)c1. The maximum absolute atomic E-state index is 12.1. The molecule has 6 nitrogen and oxygen atoms in total. The minimum absolute atomic E-state index is 0.379. The number of amides is 1. The van der Waals surface area contributed by atoms with Crippen LogP contribution in [-0.2, 0) is 9.53 Å². The predicted octanol–water partition coefficient (Wildman–Crippen LogP) is 3.52. The number of nitrogens with zero attached hydrogens (tertiary/aromatic N) is 1. The minimum Gasteiger partial charge on any atom is -0.495 e. The molecule has 0 aromatic heterocycles. The third-order valence-electron chi connectivity index (χ3n) is 3.69. The van der Waals surface area contributed by atoms with Crippen LogP contribution in [0.3, 0.4) is 0 Å². The predicted molar refractivity (Wildman–Crippen MR) is 102 cm³/mol. The number of carbonyl (C=O) groups excluding carboxylic acids is 2. The fraction of sp³-hybridized carbons (Fsp3) is 0.263. The summed E-state index contributed by atoms with van der Waals surface area (Å²) in [5.41, 5.74) is 2.50. The third-order valence-corrected chi connectivity index (χ3v) is 4.09. The summed E-state index contributed by atoms with van der Waals surface area (Å²) < 4.78 is 10.3. The zero-order valence-corrected chi connectivity index (χ0v) is 15.9. The van der Waals surface area contributed by atoms with E-state index in [2.05, 4.69) is 5.32 Å².